The second-order valence-corrected chi connectivity index (χ2v) is 14.2. The molecule has 0 spiro atoms. The molecular weight excluding hydrogens is 594 g/mol. The van der Waals surface area contributed by atoms with E-state index in [1.165, 1.54) is 22.4 Å². The van der Waals surface area contributed by atoms with Gasteiger partial charge in [-0.3, -0.25) is 0 Å². The van der Waals surface area contributed by atoms with E-state index in [2.05, 4.69) is 81.1 Å². The van der Waals surface area contributed by atoms with Gasteiger partial charge in [-0.2, -0.15) is 0 Å². The Morgan fingerprint density at radius 1 is 0.696 bits per heavy atom. The molecule has 258 valence electrons. The normalized spacial score (nSPS) is 23.6. The van der Waals surface area contributed by atoms with Crippen molar-refractivity contribution in [2.24, 2.45) is 0 Å². The number of ether oxygens (including phenoxy) is 5. The van der Waals surface area contributed by atoms with Crippen molar-refractivity contribution in [3.05, 3.63) is 65.2 Å². The van der Waals surface area contributed by atoms with Gasteiger partial charge in [-0.1, -0.05) is 89.8 Å². The van der Waals surface area contributed by atoms with E-state index in [0.29, 0.717) is 6.61 Å². The minimum atomic E-state index is -0.136. The van der Waals surface area contributed by atoms with Crippen LogP contribution in [-0.4, -0.2) is 82.9 Å². The predicted molar refractivity (Wildman–Crippen MR) is 193 cm³/mol. The zero-order valence-electron chi connectivity index (χ0n) is 29.1. The van der Waals surface area contributed by atoms with Crippen LogP contribution in [0.5, 0.6) is 0 Å². The molecule has 2 aromatic carbocycles. The highest BCUT2D eigenvalue weighted by molar-refractivity contribution is 8.00. The third-order valence-corrected chi connectivity index (χ3v) is 10.6. The van der Waals surface area contributed by atoms with Crippen molar-refractivity contribution in [1.29, 1.82) is 0 Å². The Labute approximate surface area is 284 Å². The lowest BCUT2D eigenvalue weighted by Crippen LogP contribution is -2.55. The summed E-state index contributed by atoms with van der Waals surface area (Å²) < 4.78 is 32.1. The molecule has 0 saturated carbocycles. The van der Waals surface area contributed by atoms with Crippen LogP contribution in [0.25, 0.3) is 0 Å². The van der Waals surface area contributed by atoms with Crippen LogP contribution in [0.4, 0.5) is 5.69 Å². The molecule has 0 aromatic heterocycles. The molecule has 0 aliphatic carbocycles. The van der Waals surface area contributed by atoms with Gasteiger partial charge < -0.3 is 28.6 Å². The summed E-state index contributed by atoms with van der Waals surface area (Å²) in [5.41, 5.74) is 5.24. The van der Waals surface area contributed by atoms with Gasteiger partial charge in [-0.25, -0.2) is 0 Å². The maximum atomic E-state index is 6.81. The number of morpholine rings is 1. The summed E-state index contributed by atoms with van der Waals surface area (Å²) in [6, 6.07) is 18.3. The molecule has 6 nitrogen and oxygen atoms in total. The van der Waals surface area contributed by atoms with E-state index >= 15 is 0 Å². The summed E-state index contributed by atoms with van der Waals surface area (Å²) >= 11 is 1.98. The number of anilines is 1. The number of benzene rings is 2. The summed E-state index contributed by atoms with van der Waals surface area (Å²) in [6.45, 7) is 16.1. The van der Waals surface area contributed by atoms with Crippen LogP contribution in [0.1, 0.15) is 101 Å². The van der Waals surface area contributed by atoms with Crippen LogP contribution in [0.15, 0.2) is 48.5 Å². The average Bonchev–Trinajstić information content (AvgIpc) is 3.09. The molecule has 4 rings (SSSR count). The summed E-state index contributed by atoms with van der Waals surface area (Å²) in [4.78, 5) is 2.41. The molecule has 5 atom stereocenters. The van der Waals surface area contributed by atoms with Crippen LogP contribution in [0.3, 0.4) is 0 Å². The van der Waals surface area contributed by atoms with Crippen molar-refractivity contribution in [2.75, 3.05) is 64.2 Å². The fourth-order valence-corrected chi connectivity index (χ4v) is 7.82. The lowest BCUT2D eigenvalue weighted by atomic mass is 9.94. The Morgan fingerprint density at radius 3 is 1.96 bits per heavy atom. The minimum Gasteiger partial charge on any atom is -0.380 e. The number of thioether (sulfide) groups is 1. The summed E-state index contributed by atoms with van der Waals surface area (Å²) in [5, 5.41) is 0.311. The van der Waals surface area contributed by atoms with Gasteiger partial charge in [0, 0.05) is 45.2 Å². The summed E-state index contributed by atoms with van der Waals surface area (Å²) in [6.07, 6.45) is 9.28. The van der Waals surface area contributed by atoms with Gasteiger partial charge in [0.1, 0.15) is 18.3 Å². The molecule has 2 aliphatic heterocycles. The SMILES string of the molecule is CCCCOC[C@H]1S[C@@H](c2cccc(Cc3ccc(N4CCOCC4)cc3)c2)[C@H](OCCCC)[C@@H](OCCCC)[C@@H]1OCCCC. The lowest BCUT2D eigenvalue weighted by Gasteiger charge is -2.46. The van der Waals surface area contributed by atoms with Crippen LogP contribution in [0.2, 0.25) is 0 Å². The molecule has 2 heterocycles. The number of hydrogen-bond donors (Lipinski definition) is 0. The Kier molecular flexibility index (Phi) is 17.3. The van der Waals surface area contributed by atoms with Gasteiger partial charge in [-0.05, 0) is 60.9 Å². The second kappa shape index (κ2) is 21.4. The van der Waals surface area contributed by atoms with E-state index in [1.54, 1.807) is 0 Å². The van der Waals surface area contributed by atoms with Gasteiger partial charge in [0.15, 0.2) is 0 Å². The van der Waals surface area contributed by atoms with Crippen molar-refractivity contribution in [3.8, 4) is 0 Å². The first-order chi connectivity index (χ1) is 22.7. The molecule has 7 heteroatoms. The highest BCUT2D eigenvalue weighted by Crippen LogP contribution is 2.47. The summed E-state index contributed by atoms with van der Waals surface area (Å²) in [5.74, 6) is 0. The number of nitrogens with zero attached hydrogens (tertiary/aromatic N) is 1. The highest BCUT2D eigenvalue weighted by Gasteiger charge is 2.48. The first kappa shape index (κ1) is 37.2. The third kappa shape index (κ3) is 11.5. The fraction of sp³-hybridized carbons (Fsp3) is 0.692. The van der Waals surface area contributed by atoms with Crippen LogP contribution in [0, 0.1) is 0 Å². The Bertz CT molecular complexity index is 1080. The van der Waals surface area contributed by atoms with E-state index in [9.17, 15) is 0 Å². The average molecular weight is 656 g/mol. The van der Waals surface area contributed by atoms with Gasteiger partial charge in [0.2, 0.25) is 0 Å². The maximum absolute atomic E-state index is 6.81. The van der Waals surface area contributed by atoms with E-state index in [0.717, 1.165) is 111 Å². The predicted octanol–water partition coefficient (Wildman–Crippen LogP) is 8.64. The lowest BCUT2D eigenvalue weighted by molar-refractivity contribution is -0.149. The second-order valence-electron chi connectivity index (χ2n) is 12.8. The Hall–Kier alpha value is -1.61. The fourth-order valence-electron chi connectivity index (χ4n) is 6.19. The van der Waals surface area contributed by atoms with Gasteiger partial charge in [0.25, 0.3) is 0 Å². The first-order valence-corrected chi connectivity index (χ1v) is 19.2. The molecule has 0 bridgehead atoms. The zero-order valence-corrected chi connectivity index (χ0v) is 29.9. The highest BCUT2D eigenvalue weighted by atomic mass is 32.2. The largest absolute Gasteiger partial charge is 0.380 e. The Morgan fingerprint density at radius 2 is 1.30 bits per heavy atom. The van der Waals surface area contributed by atoms with Crippen LogP contribution < -0.4 is 4.90 Å². The zero-order chi connectivity index (χ0) is 32.4. The van der Waals surface area contributed by atoms with Crippen molar-refractivity contribution in [2.45, 2.75) is 114 Å². The molecule has 0 amide bonds. The Balaban J connectivity index is 1.58. The monoisotopic (exact) mass is 655 g/mol. The topological polar surface area (TPSA) is 49.4 Å². The molecule has 2 aliphatic rings. The molecule has 2 aromatic rings. The molecule has 2 saturated heterocycles. The van der Waals surface area contributed by atoms with Crippen molar-refractivity contribution < 1.29 is 23.7 Å². The molecule has 0 radical (unpaired) electrons. The van der Waals surface area contributed by atoms with Crippen molar-refractivity contribution >= 4 is 17.4 Å². The molecule has 2 fully saturated rings. The number of unbranched alkanes of at least 4 members (excludes halogenated alkanes) is 4. The van der Waals surface area contributed by atoms with E-state index < -0.39 is 0 Å². The molecule has 0 unspecified atom stereocenters. The van der Waals surface area contributed by atoms with E-state index in [4.69, 9.17) is 23.7 Å². The maximum Gasteiger partial charge on any atom is 0.112 e. The van der Waals surface area contributed by atoms with Crippen molar-refractivity contribution in [3.63, 3.8) is 0 Å². The van der Waals surface area contributed by atoms with Gasteiger partial charge in [0.05, 0.1) is 30.3 Å². The van der Waals surface area contributed by atoms with E-state index in [-0.39, 0.29) is 28.8 Å². The molecular formula is C39H61NO5S. The minimum absolute atomic E-state index is 0.0638. The van der Waals surface area contributed by atoms with Crippen molar-refractivity contribution in [1.82, 2.24) is 0 Å². The number of hydrogen-bond acceptors (Lipinski definition) is 7. The van der Waals surface area contributed by atoms with Crippen LogP contribution >= 0.6 is 11.8 Å². The van der Waals surface area contributed by atoms with Gasteiger partial charge in [-0.15, -0.1) is 11.8 Å². The molecule has 46 heavy (non-hydrogen) atoms. The number of rotatable bonds is 21. The standard InChI is InChI=1S/C39H61NO5S/c1-5-9-22-42-30-35-36(43-23-10-6-2)37(44-24-11-7-3)38(45-25-12-8-4)39(46-35)33-15-13-14-32(29-33)28-31-16-18-34(19-17-31)40-20-26-41-27-21-40/h13-19,29,35-39H,5-12,20-28,30H2,1-4H3/t35-,36-,37+,38-,39+/m1/s1. The summed E-state index contributed by atoms with van der Waals surface area (Å²) in [7, 11) is 0. The van der Waals surface area contributed by atoms with E-state index in [1.807, 2.05) is 11.8 Å². The molecule has 0 N–H and O–H groups in total. The quantitative estimate of drug-likeness (QED) is 0.125. The van der Waals surface area contributed by atoms with Crippen LogP contribution in [-0.2, 0) is 30.1 Å². The first-order valence-electron chi connectivity index (χ1n) is 18.3. The third-order valence-electron chi connectivity index (χ3n) is 8.98. The smallest absolute Gasteiger partial charge is 0.112 e. The van der Waals surface area contributed by atoms with Gasteiger partial charge >= 0.3 is 0 Å².